The van der Waals surface area contributed by atoms with E-state index in [0.717, 1.165) is 0 Å². The fraction of sp³-hybridized carbons (Fsp3) is 0. The number of hydrogen-bond acceptors (Lipinski definition) is 4. The first-order valence-electron chi connectivity index (χ1n) is 4.03. The van der Waals surface area contributed by atoms with Crippen LogP contribution in [-0.4, -0.2) is 11.1 Å². The number of rotatable bonds is 4. The predicted octanol–water partition coefficient (Wildman–Crippen LogP) is 2.75. The first kappa shape index (κ1) is 11.2. The number of nitrogens with one attached hydrogen (secondary N) is 1. The summed E-state index contributed by atoms with van der Waals surface area (Å²) in [7, 11) is 0. The van der Waals surface area contributed by atoms with Crippen LogP contribution < -0.4 is 5.43 Å². The summed E-state index contributed by atoms with van der Waals surface area (Å²) >= 11 is 5.26. The Morgan fingerprint density at radius 2 is 2.07 bits per heavy atom. The zero-order valence-corrected chi connectivity index (χ0v) is 8.39. The molecule has 0 fully saturated rings. The maximum atomic E-state index is 10.3. The fourth-order valence-electron chi connectivity index (χ4n) is 0.845. The molecule has 0 saturated carbocycles. The number of hydrogen-bond donors (Lipinski definition) is 1. The van der Waals surface area contributed by atoms with Crippen molar-refractivity contribution in [2.45, 2.75) is 0 Å². The Labute approximate surface area is 91.2 Å². The minimum atomic E-state index is -0.455. The SMILES string of the molecule is O=[N+]([O-])c1ccc(NN=CC=CCl)cc1. The Balaban J connectivity index is 2.61. The number of nitro benzene ring substituents is 1. The van der Waals surface area contributed by atoms with Crippen LogP contribution in [0.15, 0.2) is 41.0 Å². The van der Waals surface area contributed by atoms with Gasteiger partial charge in [0.1, 0.15) is 0 Å². The number of hydrazone groups is 1. The number of benzene rings is 1. The van der Waals surface area contributed by atoms with Gasteiger partial charge >= 0.3 is 0 Å². The van der Waals surface area contributed by atoms with E-state index in [1.54, 1.807) is 18.2 Å². The largest absolute Gasteiger partial charge is 0.279 e. The molecule has 15 heavy (non-hydrogen) atoms. The van der Waals surface area contributed by atoms with E-state index in [1.165, 1.54) is 23.9 Å². The lowest BCUT2D eigenvalue weighted by Gasteiger charge is -1.97. The molecular weight excluding hydrogens is 218 g/mol. The van der Waals surface area contributed by atoms with Crippen molar-refractivity contribution in [3.63, 3.8) is 0 Å². The van der Waals surface area contributed by atoms with Crippen molar-refractivity contribution in [1.29, 1.82) is 0 Å². The van der Waals surface area contributed by atoms with Crippen LogP contribution in [0.3, 0.4) is 0 Å². The number of anilines is 1. The first-order valence-corrected chi connectivity index (χ1v) is 4.46. The quantitative estimate of drug-likeness (QED) is 0.487. The summed E-state index contributed by atoms with van der Waals surface area (Å²) in [6.07, 6.45) is 3.01. The van der Waals surface area contributed by atoms with E-state index in [4.69, 9.17) is 11.6 Å². The summed E-state index contributed by atoms with van der Waals surface area (Å²) in [6, 6.07) is 5.93. The fourth-order valence-corrected chi connectivity index (χ4v) is 0.910. The lowest BCUT2D eigenvalue weighted by Crippen LogP contribution is -1.90. The number of allylic oxidation sites excluding steroid dienone is 1. The van der Waals surface area contributed by atoms with Crippen molar-refractivity contribution in [2.24, 2.45) is 5.10 Å². The van der Waals surface area contributed by atoms with E-state index in [9.17, 15) is 10.1 Å². The van der Waals surface area contributed by atoms with Gasteiger partial charge in [0.15, 0.2) is 0 Å². The summed E-state index contributed by atoms with van der Waals surface area (Å²) in [4.78, 5) is 9.89. The molecule has 0 heterocycles. The molecule has 5 nitrogen and oxygen atoms in total. The highest BCUT2D eigenvalue weighted by Crippen LogP contribution is 2.14. The zero-order chi connectivity index (χ0) is 11.1. The van der Waals surface area contributed by atoms with Gasteiger partial charge < -0.3 is 0 Å². The van der Waals surface area contributed by atoms with E-state index in [0.29, 0.717) is 5.69 Å². The van der Waals surface area contributed by atoms with Gasteiger partial charge in [-0.25, -0.2) is 0 Å². The Hall–Kier alpha value is -1.88. The lowest BCUT2D eigenvalue weighted by atomic mass is 10.3. The molecule has 1 rings (SSSR count). The van der Waals surface area contributed by atoms with E-state index in [1.807, 2.05) is 0 Å². The third-order valence-electron chi connectivity index (χ3n) is 1.51. The van der Waals surface area contributed by atoms with Gasteiger partial charge in [-0.3, -0.25) is 15.5 Å². The molecule has 0 unspecified atom stereocenters. The van der Waals surface area contributed by atoms with Gasteiger partial charge in [0.25, 0.3) is 5.69 Å². The summed E-state index contributed by atoms with van der Waals surface area (Å²) in [5.41, 5.74) is 4.72. The first-order chi connectivity index (χ1) is 7.24. The Kier molecular flexibility index (Phi) is 4.30. The van der Waals surface area contributed by atoms with Crippen LogP contribution in [-0.2, 0) is 0 Å². The van der Waals surface area contributed by atoms with Crippen molar-refractivity contribution in [3.8, 4) is 0 Å². The summed E-state index contributed by atoms with van der Waals surface area (Å²) < 4.78 is 0. The molecule has 0 aliphatic heterocycles. The van der Waals surface area contributed by atoms with Gasteiger partial charge in [0.05, 0.1) is 10.6 Å². The molecule has 1 N–H and O–H groups in total. The molecule has 0 aliphatic rings. The topological polar surface area (TPSA) is 67.5 Å². The molecule has 0 amide bonds. The van der Waals surface area contributed by atoms with Gasteiger partial charge in [-0.1, -0.05) is 11.6 Å². The van der Waals surface area contributed by atoms with Crippen LogP contribution >= 0.6 is 11.6 Å². The number of halogens is 1. The van der Waals surface area contributed by atoms with Gasteiger partial charge in [0, 0.05) is 23.9 Å². The second-order valence-corrected chi connectivity index (χ2v) is 2.76. The molecule has 0 atom stereocenters. The lowest BCUT2D eigenvalue weighted by molar-refractivity contribution is -0.384. The monoisotopic (exact) mass is 225 g/mol. The molecule has 0 saturated heterocycles. The molecular formula is C9H8ClN3O2. The van der Waals surface area contributed by atoms with Crippen LogP contribution in [0.2, 0.25) is 0 Å². The second-order valence-electron chi connectivity index (χ2n) is 2.51. The zero-order valence-electron chi connectivity index (χ0n) is 7.63. The van der Waals surface area contributed by atoms with Crippen molar-refractivity contribution >= 4 is 29.2 Å². The summed E-state index contributed by atoms with van der Waals surface area (Å²) in [6.45, 7) is 0. The second kappa shape index (κ2) is 5.77. The maximum absolute atomic E-state index is 10.3. The summed E-state index contributed by atoms with van der Waals surface area (Å²) in [5.74, 6) is 0. The van der Waals surface area contributed by atoms with Crippen LogP contribution in [0, 0.1) is 10.1 Å². The van der Waals surface area contributed by atoms with E-state index in [-0.39, 0.29) is 5.69 Å². The van der Waals surface area contributed by atoms with Crippen molar-refractivity contribution in [3.05, 3.63) is 46.0 Å². The molecule has 0 spiro atoms. The predicted molar refractivity (Wildman–Crippen MR) is 60.2 cm³/mol. The molecule has 0 bridgehead atoms. The Morgan fingerprint density at radius 1 is 1.40 bits per heavy atom. The standard InChI is InChI=1S/C9H8ClN3O2/c10-6-1-7-11-12-8-2-4-9(5-3-8)13(14)15/h1-7,12H. The van der Waals surface area contributed by atoms with Crippen molar-refractivity contribution in [2.75, 3.05) is 5.43 Å². The minimum Gasteiger partial charge on any atom is -0.279 e. The molecule has 0 aliphatic carbocycles. The number of nitrogens with zero attached hydrogens (tertiary/aromatic N) is 2. The van der Waals surface area contributed by atoms with Gasteiger partial charge in [-0.15, -0.1) is 0 Å². The highest BCUT2D eigenvalue weighted by atomic mass is 35.5. The number of non-ortho nitro benzene ring substituents is 1. The third-order valence-corrected chi connectivity index (χ3v) is 1.65. The van der Waals surface area contributed by atoms with Crippen molar-refractivity contribution in [1.82, 2.24) is 0 Å². The molecule has 78 valence electrons. The van der Waals surface area contributed by atoms with Gasteiger partial charge in [-0.2, -0.15) is 5.10 Å². The maximum Gasteiger partial charge on any atom is 0.269 e. The molecule has 6 heteroatoms. The van der Waals surface area contributed by atoms with Crippen LogP contribution in [0.1, 0.15) is 0 Å². The Morgan fingerprint density at radius 3 is 2.60 bits per heavy atom. The van der Waals surface area contributed by atoms with E-state index in [2.05, 4.69) is 10.5 Å². The molecule has 1 aromatic rings. The average Bonchev–Trinajstić information content (AvgIpc) is 2.25. The molecule has 0 aromatic heterocycles. The van der Waals surface area contributed by atoms with Crippen LogP contribution in [0.5, 0.6) is 0 Å². The normalized spacial score (nSPS) is 11.0. The van der Waals surface area contributed by atoms with Crippen LogP contribution in [0.4, 0.5) is 11.4 Å². The summed E-state index contributed by atoms with van der Waals surface area (Å²) in [5, 5.41) is 14.1. The smallest absolute Gasteiger partial charge is 0.269 e. The van der Waals surface area contributed by atoms with Gasteiger partial charge in [0.2, 0.25) is 0 Å². The number of nitro groups is 1. The van der Waals surface area contributed by atoms with Crippen LogP contribution in [0.25, 0.3) is 0 Å². The Bertz CT molecular complexity index is 387. The third kappa shape index (κ3) is 3.78. The molecule has 1 aromatic carbocycles. The van der Waals surface area contributed by atoms with Crippen molar-refractivity contribution < 1.29 is 4.92 Å². The van der Waals surface area contributed by atoms with E-state index >= 15 is 0 Å². The van der Waals surface area contributed by atoms with E-state index < -0.39 is 4.92 Å². The molecule has 0 radical (unpaired) electrons. The van der Waals surface area contributed by atoms with Gasteiger partial charge in [-0.05, 0) is 18.2 Å². The highest BCUT2D eigenvalue weighted by Gasteiger charge is 2.02. The minimum absolute atomic E-state index is 0.0465. The highest BCUT2D eigenvalue weighted by molar-refractivity contribution is 6.26. The average molecular weight is 226 g/mol.